The zero-order valence-corrected chi connectivity index (χ0v) is 18.3. The lowest BCUT2D eigenvalue weighted by Crippen LogP contribution is -2.12. The van der Waals surface area contributed by atoms with Crippen molar-refractivity contribution >= 4 is 11.9 Å². The maximum absolute atomic E-state index is 12.5. The maximum atomic E-state index is 12.5. The molecule has 0 saturated carbocycles. The molecule has 0 aromatic heterocycles. The van der Waals surface area contributed by atoms with E-state index in [-0.39, 0.29) is 18.0 Å². The summed E-state index contributed by atoms with van der Waals surface area (Å²) in [7, 11) is 0. The van der Waals surface area contributed by atoms with Gasteiger partial charge in [0, 0.05) is 11.1 Å². The van der Waals surface area contributed by atoms with Crippen LogP contribution in [0.1, 0.15) is 62.5 Å². The number of carbonyl (C=O) groups is 1. The quantitative estimate of drug-likeness (QED) is 0.351. The number of rotatable bonds is 10. The molecule has 2 aromatic rings. The molecule has 0 aliphatic rings. The molecule has 0 N–H and O–H groups in total. The first-order valence-electron chi connectivity index (χ1n) is 10.2. The Morgan fingerprint density at radius 1 is 0.966 bits per heavy atom. The third-order valence-electron chi connectivity index (χ3n) is 4.15. The van der Waals surface area contributed by atoms with E-state index in [0.29, 0.717) is 12.2 Å². The molecule has 0 atom stereocenters. The minimum atomic E-state index is -0.0553. The molecule has 4 heteroatoms. The maximum Gasteiger partial charge on any atom is 0.185 e. The molecule has 2 rings (SSSR count). The molecule has 0 heterocycles. The first kappa shape index (κ1) is 22.5. The van der Waals surface area contributed by atoms with Crippen molar-refractivity contribution in [3.05, 3.63) is 59.2 Å². The fourth-order valence-electron chi connectivity index (χ4n) is 2.79. The lowest BCUT2D eigenvalue weighted by Gasteiger charge is -2.20. The van der Waals surface area contributed by atoms with Crippen molar-refractivity contribution in [2.45, 2.75) is 60.2 Å². The Kier molecular flexibility index (Phi) is 8.32. The molecular weight excluding hydrogens is 364 g/mol. The van der Waals surface area contributed by atoms with Gasteiger partial charge in [-0.1, -0.05) is 19.1 Å². The van der Waals surface area contributed by atoms with E-state index in [9.17, 15) is 4.79 Å². The van der Waals surface area contributed by atoms with Gasteiger partial charge in [0.15, 0.2) is 17.3 Å². The first-order chi connectivity index (χ1) is 13.8. The third-order valence-corrected chi connectivity index (χ3v) is 4.15. The predicted octanol–water partition coefficient (Wildman–Crippen LogP) is 6.25. The van der Waals surface area contributed by atoms with E-state index >= 15 is 0 Å². The van der Waals surface area contributed by atoms with Crippen molar-refractivity contribution in [1.82, 2.24) is 0 Å². The summed E-state index contributed by atoms with van der Waals surface area (Å²) in [6.45, 7) is 12.7. The fraction of sp³-hybridized carbons (Fsp3) is 0.400. The Bertz CT molecular complexity index is 833. The second kappa shape index (κ2) is 10.7. The van der Waals surface area contributed by atoms with Crippen molar-refractivity contribution in [3.63, 3.8) is 0 Å². The Hall–Kier alpha value is -2.75. The predicted molar refractivity (Wildman–Crippen MR) is 118 cm³/mol. The number of hydrogen-bond acceptors (Lipinski definition) is 4. The second-order valence-electron chi connectivity index (χ2n) is 7.51. The Morgan fingerprint density at radius 2 is 1.62 bits per heavy atom. The number of ketones is 1. The molecule has 2 aromatic carbocycles. The fourth-order valence-corrected chi connectivity index (χ4v) is 2.79. The monoisotopic (exact) mass is 396 g/mol. The molecule has 0 amide bonds. The number of ether oxygens (including phenoxy) is 3. The summed E-state index contributed by atoms with van der Waals surface area (Å²) in [6.07, 6.45) is 4.44. The highest BCUT2D eigenvalue weighted by Gasteiger charge is 2.14. The summed E-state index contributed by atoms with van der Waals surface area (Å²) >= 11 is 0. The summed E-state index contributed by atoms with van der Waals surface area (Å²) in [6, 6.07) is 11.1. The molecule has 0 aliphatic carbocycles. The molecule has 0 aliphatic heterocycles. The Labute approximate surface area is 174 Å². The lowest BCUT2D eigenvalue weighted by atomic mass is 10.0. The van der Waals surface area contributed by atoms with Gasteiger partial charge in [-0.3, -0.25) is 4.79 Å². The standard InChI is InChI=1S/C25H32O4/c1-7-16-27-22-12-8-21(9-13-22)23(26)14-10-20-11-15-24(28-17(2)3)25(19(20)6)29-18(4)5/h8-15,17-18H,7,16H2,1-6H3. The number of carbonyl (C=O) groups excluding carboxylic acids is 1. The van der Waals surface area contributed by atoms with Crippen LogP contribution < -0.4 is 14.2 Å². The molecule has 4 nitrogen and oxygen atoms in total. The van der Waals surface area contributed by atoms with Crippen LogP contribution in [0, 0.1) is 6.92 Å². The van der Waals surface area contributed by atoms with E-state index < -0.39 is 0 Å². The molecule has 29 heavy (non-hydrogen) atoms. The number of hydrogen-bond donors (Lipinski definition) is 0. The smallest absolute Gasteiger partial charge is 0.185 e. The van der Waals surface area contributed by atoms with E-state index in [1.165, 1.54) is 0 Å². The van der Waals surface area contributed by atoms with Crippen LogP contribution in [0.4, 0.5) is 0 Å². The normalized spacial score (nSPS) is 11.3. The largest absolute Gasteiger partial charge is 0.494 e. The second-order valence-corrected chi connectivity index (χ2v) is 7.51. The van der Waals surface area contributed by atoms with Crippen LogP contribution in [0.25, 0.3) is 6.08 Å². The van der Waals surface area contributed by atoms with Crippen molar-refractivity contribution < 1.29 is 19.0 Å². The summed E-state index contributed by atoms with van der Waals surface area (Å²) < 4.78 is 17.4. The van der Waals surface area contributed by atoms with Gasteiger partial charge in [-0.05, 0) is 83.0 Å². The highest BCUT2D eigenvalue weighted by atomic mass is 16.5. The van der Waals surface area contributed by atoms with Crippen LogP contribution in [0.3, 0.4) is 0 Å². The van der Waals surface area contributed by atoms with Gasteiger partial charge in [-0.25, -0.2) is 0 Å². The zero-order chi connectivity index (χ0) is 21.4. The number of allylic oxidation sites excluding steroid dienone is 1. The van der Waals surface area contributed by atoms with Gasteiger partial charge < -0.3 is 14.2 Å². The van der Waals surface area contributed by atoms with Gasteiger partial charge in [0.2, 0.25) is 0 Å². The molecule has 0 radical (unpaired) electrons. The van der Waals surface area contributed by atoms with E-state index in [1.807, 2.05) is 65.0 Å². The number of benzene rings is 2. The Morgan fingerprint density at radius 3 is 2.21 bits per heavy atom. The molecule has 0 saturated heterocycles. The van der Waals surface area contributed by atoms with Gasteiger partial charge in [-0.2, -0.15) is 0 Å². The first-order valence-corrected chi connectivity index (χ1v) is 10.2. The minimum absolute atomic E-state index is 0.0255. The molecular formula is C25H32O4. The van der Waals surface area contributed by atoms with Crippen LogP contribution in [0.5, 0.6) is 17.2 Å². The van der Waals surface area contributed by atoms with Gasteiger partial charge in [-0.15, -0.1) is 0 Å². The summed E-state index contributed by atoms with van der Waals surface area (Å²) in [5, 5.41) is 0. The highest BCUT2D eigenvalue weighted by Crippen LogP contribution is 2.35. The highest BCUT2D eigenvalue weighted by molar-refractivity contribution is 6.07. The molecule has 0 bridgehead atoms. The van der Waals surface area contributed by atoms with E-state index in [1.54, 1.807) is 18.2 Å². The molecule has 0 spiro atoms. The SMILES string of the molecule is CCCOc1ccc(C(=O)C=Cc2ccc(OC(C)C)c(OC(C)C)c2C)cc1. The van der Waals surface area contributed by atoms with Gasteiger partial charge in [0.1, 0.15) is 5.75 Å². The average Bonchev–Trinajstić information content (AvgIpc) is 2.68. The lowest BCUT2D eigenvalue weighted by molar-refractivity contribution is 0.104. The van der Waals surface area contributed by atoms with E-state index in [4.69, 9.17) is 14.2 Å². The van der Waals surface area contributed by atoms with E-state index in [0.717, 1.165) is 34.8 Å². The Balaban J connectivity index is 2.21. The van der Waals surface area contributed by atoms with Gasteiger partial charge in [0.05, 0.1) is 18.8 Å². The van der Waals surface area contributed by atoms with Crippen LogP contribution in [0.2, 0.25) is 0 Å². The third kappa shape index (κ3) is 6.67. The van der Waals surface area contributed by atoms with Crippen LogP contribution >= 0.6 is 0 Å². The average molecular weight is 397 g/mol. The van der Waals surface area contributed by atoms with Crippen LogP contribution in [-0.2, 0) is 0 Å². The van der Waals surface area contributed by atoms with Crippen molar-refractivity contribution in [2.75, 3.05) is 6.61 Å². The van der Waals surface area contributed by atoms with Gasteiger partial charge >= 0.3 is 0 Å². The van der Waals surface area contributed by atoms with Crippen LogP contribution in [-0.4, -0.2) is 24.6 Å². The van der Waals surface area contributed by atoms with Crippen molar-refractivity contribution in [2.24, 2.45) is 0 Å². The summed E-state index contributed by atoms with van der Waals surface area (Å²) in [5.74, 6) is 2.16. The van der Waals surface area contributed by atoms with Crippen molar-refractivity contribution in [1.29, 1.82) is 0 Å². The molecule has 0 unspecified atom stereocenters. The minimum Gasteiger partial charge on any atom is -0.494 e. The molecule has 156 valence electrons. The van der Waals surface area contributed by atoms with E-state index in [2.05, 4.69) is 6.92 Å². The van der Waals surface area contributed by atoms with Crippen LogP contribution in [0.15, 0.2) is 42.5 Å². The zero-order valence-electron chi connectivity index (χ0n) is 18.3. The van der Waals surface area contributed by atoms with Gasteiger partial charge in [0.25, 0.3) is 0 Å². The topological polar surface area (TPSA) is 44.8 Å². The summed E-state index contributed by atoms with van der Waals surface area (Å²) in [4.78, 5) is 12.5. The summed E-state index contributed by atoms with van der Waals surface area (Å²) in [5.41, 5.74) is 2.50. The van der Waals surface area contributed by atoms with Crippen molar-refractivity contribution in [3.8, 4) is 17.2 Å². The molecule has 0 fully saturated rings.